The van der Waals surface area contributed by atoms with Crippen molar-refractivity contribution < 1.29 is 19.4 Å². The van der Waals surface area contributed by atoms with E-state index in [2.05, 4.69) is 0 Å². The summed E-state index contributed by atoms with van der Waals surface area (Å²) in [5.74, 6) is -1.77. The van der Waals surface area contributed by atoms with Gasteiger partial charge >= 0.3 is 11.9 Å². The monoisotopic (exact) mass is 209 g/mol. The maximum Gasteiger partial charge on any atom is 0.338 e. The first-order valence-corrected chi connectivity index (χ1v) is 4.32. The SMILES string of the molecule is N[C@@H](COC(=O)c1ccccc1)C(=O)O. The van der Waals surface area contributed by atoms with Crippen LogP contribution in [0.25, 0.3) is 0 Å². The first-order valence-electron chi connectivity index (χ1n) is 4.32. The van der Waals surface area contributed by atoms with Crippen molar-refractivity contribution >= 4 is 11.9 Å². The molecule has 1 aromatic carbocycles. The highest BCUT2D eigenvalue weighted by Crippen LogP contribution is 2.01. The van der Waals surface area contributed by atoms with E-state index in [1.807, 2.05) is 0 Å². The Morgan fingerprint density at radius 1 is 1.33 bits per heavy atom. The molecule has 1 atom stereocenters. The summed E-state index contributed by atoms with van der Waals surface area (Å²) in [6.45, 7) is -0.330. The van der Waals surface area contributed by atoms with E-state index in [0.29, 0.717) is 5.56 Å². The number of ether oxygens (including phenoxy) is 1. The second-order valence-electron chi connectivity index (χ2n) is 2.91. The number of carbonyl (C=O) groups excluding carboxylic acids is 1. The number of aliphatic carboxylic acids is 1. The Balaban J connectivity index is 2.47. The van der Waals surface area contributed by atoms with Gasteiger partial charge in [-0.1, -0.05) is 18.2 Å². The highest BCUT2D eigenvalue weighted by molar-refractivity contribution is 5.89. The molecule has 0 fully saturated rings. The van der Waals surface area contributed by atoms with E-state index in [9.17, 15) is 9.59 Å². The molecule has 1 rings (SSSR count). The van der Waals surface area contributed by atoms with Crippen LogP contribution in [0.15, 0.2) is 30.3 Å². The Bertz CT molecular complexity index is 350. The van der Waals surface area contributed by atoms with E-state index in [1.54, 1.807) is 30.3 Å². The average Bonchev–Trinajstić information content (AvgIpc) is 2.26. The van der Waals surface area contributed by atoms with Crippen LogP contribution in [0, 0.1) is 0 Å². The molecule has 0 amide bonds. The van der Waals surface area contributed by atoms with Gasteiger partial charge in [0.25, 0.3) is 0 Å². The van der Waals surface area contributed by atoms with Gasteiger partial charge < -0.3 is 15.6 Å². The van der Waals surface area contributed by atoms with Crippen LogP contribution >= 0.6 is 0 Å². The molecule has 0 radical (unpaired) electrons. The topological polar surface area (TPSA) is 89.6 Å². The summed E-state index contributed by atoms with van der Waals surface area (Å²) in [4.78, 5) is 21.6. The predicted octanol–water partition coefficient (Wildman–Crippen LogP) is 0.255. The van der Waals surface area contributed by atoms with Gasteiger partial charge in [0.1, 0.15) is 12.6 Å². The van der Waals surface area contributed by atoms with Gasteiger partial charge in [0, 0.05) is 0 Å². The van der Waals surface area contributed by atoms with Crippen LogP contribution in [0.2, 0.25) is 0 Å². The molecule has 0 aliphatic carbocycles. The lowest BCUT2D eigenvalue weighted by Crippen LogP contribution is -2.35. The van der Waals surface area contributed by atoms with Crippen LogP contribution in [0.3, 0.4) is 0 Å². The molecule has 0 unspecified atom stereocenters. The van der Waals surface area contributed by atoms with Crippen LogP contribution in [0.1, 0.15) is 10.4 Å². The summed E-state index contributed by atoms with van der Waals surface area (Å²) >= 11 is 0. The number of carbonyl (C=O) groups is 2. The fraction of sp³-hybridized carbons (Fsp3) is 0.200. The van der Waals surface area contributed by atoms with Gasteiger partial charge in [0.05, 0.1) is 5.56 Å². The quantitative estimate of drug-likeness (QED) is 0.694. The number of carboxylic acid groups (broad SMARTS) is 1. The molecule has 3 N–H and O–H groups in total. The Hall–Kier alpha value is -1.88. The van der Waals surface area contributed by atoms with Crippen LogP contribution in [0.4, 0.5) is 0 Å². The van der Waals surface area contributed by atoms with E-state index in [-0.39, 0.29) is 6.61 Å². The molecule has 0 spiro atoms. The first kappa shape index (κ1) is 11.2. The van der Waals surface area contributed by atoms with E-state index < -0.39 is 18.0 Å². The molecule has 80 valence electrons. The zero-order valence-electron chi connectivity index (χ0n) is 7.92. The van der Waals surface area contributed by atoms with Crippen LogP contribution in [-0.4, -0.2) is 29.7 Å². The van der Waals surface area contributed by atoms with Crippen molar-refractivity contribution in [2.24, 2.45) is 5.73 Å². The van der Waals surface area contributed by atoms with Crippen molar-refractivity contribution in [2.75, 3.05) is 6.61 Å². The number of hydrogen-bond acceptors (Lipinski definition) is 4. The van der Waals surface area contributed by atoms with Crippen molar-refractivity contribution in [2.45, 2.75) is 6.04 Å². The highest BCUT2D eigenvalue weighted by Gasteiger charge is 2.14. The molecule has 15 heavy (non-hydrogen) atoms. The number of nitrogens with two attached hydrogens (primary N) is 1. The maximum absolute atomic E-state index is 11.3. The summed E-state index contributed by atoms with van der Waals surface area (Å²) in [5, 5.41) is 8.45. The average molecular weight is 209 g/mol. The normalized spacial score (nSPS) is 11.8. The molecule has 0 heterocycles. The van der Waals surface area contributed by atoms with Gasteiger partial charge in [-0.2, -0.15) is 0 Å². The van der Waals surface area contributed by atoms with Crippen molar-refractivity contribution in [3.05, 3.63) is 35.9 Å². The van der Waals surface area contributed by atoms with Gasteiger partial charge in [-0.25, -0.2) is 4.79 Å². The summed E-state index contributed by atoms with van der Waals surface area (Å²) in [6, 6.07) is 7.11. The zero-order chi connectivity index (χ0) is 11.3. The second-order valence-corrected chi connectivity index (χ2v) is 2.91. The van der Waals surface area contributed by atoms with Crippen LogP contribution in [-0.2, 0) is 9.53 Å². The van der Waals surface area contributed by atoms with Crippen molar-refractivity contribution in [1.29, 1.82) is 0 Å². The minimum Gasteiger partial charge on any atom is -0.480 e. The van der Waals surface area contributed by atoms with Gasteiger partial charge in [-0.3, -0.25) is 4.79 Å². The standard InChI is InChI=1S/C10H11NO4/c11-8(9(12)13)6-15-10(14)7-4-2-1-3-5-7/h1-5,8H,6,11H2,(H,12,13)/t8-/m0/s1. The molecule has 0 aliphatic heterocycles. The number of benzene rings is 1. The lowest BCUT2D eigenvalue weighted by Gasteiger charge is -2.07. The number of esters is 1. The summed E-state index contributed by atoms with van der Waals surface area (Å²) in [6.07, 6.45) is 0. The number of carboxylic acids is 1. The molecule has 0 aliphatic rings. The minimum atomic E-state index is -1.20. The zero-order valence-corrected chi connectivity index (χ0v) is 7.92. The fourth-order valence-corrected chi connectivity index (χ4v) is 0.894. The summed E-state index contributed by atoms with van der Waals surface area (Å²) in [7, 11) is 0. The third-order valence-electron chi connectivity index (χ3n) is 1.72. The highest BCUT2D eigenvalue weighted by atomic mass is 16.5. The Kier molecular flexibility index (Phi) is 3.82. The van der Waals surface area contributed by atoms with E-state index in [1.165, 1.54) is 0 Å². The van der Waals surface area contributed by atoms with Crippen LogP contribution < -0.4 is 5.73 Å². The number of rotatable bonds is 4. The summed E-state index contributed by atoms with van der Waals surface area (Å²) in [5.41, 5.74) is 5.54. The van der Waals surface area contributed by atoms with Crippen molar-refractivity contribution in [1.82, 2.24) is 0 Å². The van der Waals surface area contributed by atoms with Gasteiger partial charge in [0.2, 0.25) is 0 Å². The fourth-order valence-electron chi connectivity index (χ4n) is 0.894. The molecule has 0 saturated carbocycles. The molecular formula is C10H11NO4. The van der Waals surface area contributed by atoms with Crippen molar-refractivity contribution in [3.8, 4) is 0 Å². The van der Waals surface area contributed by atoms with Crippen LogP contribution in [0.5, 0.6) is 0 Å². The van der Waals surface area contributed by atoms with Crippen molar-refractivity contribution in [3.63, 3.8) is 0 Å². The van der Waals surface area contributed by atoms with E-state index in [0.717, 1.165) is 0 Å². The first-order chi connectivity index (χ1) is 7.11. The maximum atomic E-state index is 11.3. The molecule has 5 heteroatoms. The number of hydrogen-bond donors (Lipinski definition) is 2. The van der Waals surface area contributed by atoms with E-state index >= 15 is 0 Å². The van der Waals surface area contributed by atoms with Gasteiger partial charge in [-0.15, -0.1) is 0 Å². The molecule has 1 aromatic rings. The smallest absolute Gasteiger partial charge is 0.338 e. The Labute approximate surface area is 86.5 Å². The van der Waals surface area contributed by atoms with Gasteiger partial charge in [-0.05, 0) is 12.1 Å². The molecular weight excluding hydrogens is 198 g/mol. The minimum absolute atomic E-state index is 0.330. The molecule has 0 saturated heterocycles. The Morgan fingerprint density at radius 2 is 1.93 bits per heavy atom. The largest absolute Gasteiger partial charge is 0.480 e. The summed E-state index contributed by atoms with van der Waals surface area (Å²) < 4.78 is 4.71. The second kappa shape index (κ2) is 5.11. The third kappa shape index (κ3) is 3.40. The lowest BCUT2D eigenvalue weighted by atomic mass is 10.2. The van der Waals surface area contributed by atoms with Gasteiger partial charge in [0.15, 0.2) is 0 Å². The Morgan fingerprint density at radius 3 is 2.47 bits per heavy atom. The molecule has 0 bridgehead atoms. The predicted molar refractivity (Wildman–Crippen MR) is 52.3 cm³/mol. The third-order valence-corrected chi connectivity index (χ3v) is 1.72. The van der Waals surface area contributed by atoms with E-state index in [4.69, 9.17) is 15.6 Å². The molecule has 5 nitrogen and oxygen atoms in total. The molecule has 0 aromatic heterocycles. The lowest BCUT2D eigenvalue weighted by molar-refractivity contribution is -0.139.